The molecule has 1 aliphatic heterocycles. The lowest BCUT2D eigenvalue weighted by molar-refractivity contribution is -0.122. The highest BCUT2D eigenvalue weighted by atomic mass is 32.1. The quantitative estimate of drug-likeness (QED) is 0.303. The molecule has 1 aromatic rings. The van der Waals surface area contributed by atoms with Crippen LogP contribution >= 0.6 is 12.2 Å². The van der Waals surface area contributed by atoms with Crippen molar-refractivity contribution >= 4 is 29.3 Å². The molecule has 1 saturated heterocycles. The van der Waals surface area contributed by atoms with Crippen molar-refractivity contribution in [2.45, 2.75) is 0 Å². The Kier molecular flexibility index (Phi) is 2.29. The number of thiocarbonyl (C=S) groups is 1. The van der Waals surface area contributed by atoms with Crippen molar-refractivity contribution in [2.24, 2.45) is 12.9 Å². The molecule has 1 amide bonds. The molecule has 0 saturated carbocycles. The van der Waals surface area contributed by atoms with Crippen LogP contribution < -0.4 is 11.2 Å². The van der Waals surface area contributed by atoms with Crippen LogP contribution in [0.4, 0.5) is 0 Å². The molecular formula is C9H10N4OS. The molecule has 1 aromatic heterocycles. The monoisotopic (exact) mass is 222 g/mol. The summed E-state index contributed by atoms with van der Waals surface area (Å²) >= 11 is 4.85. The third-order valence-electron chi connectivity index (χ3n) is 2.19. The highest BCUT2D eigenvalue weighted by Crippen LogP contribution is 2.11. The van der Waals surface area contributed by atoms with Crippen LogP contribution in [0.5, 0.6) is 0 Å². The number of nitrogens with one attached hydrogen (secondary N) is 1. The number of carbonyl (C=O) groups is 1. The molecule has 5 nitrogen and oxygen atoms in total. The van der Waals surface area contributed by atoms with E-state index in [4.69, 9.17) is 18.1 Å². The normalized spacial score (nSPS) is 18.8. The van der Waals surface area contributed by atoms with Crippen LogP contribution in [0, 0.1) is 0 Å². The Hall–Kier alpha value is -1.66. The first-order valence-corrected chi connectivity index (χ1v) is 4.73. The van der Waals surface area contributed by atoms with Crippen LogP contribution in [0.15, 0.2) is 24.0 Å². The second-order valence-electron chi connectivity index (χ2n) is 3.21. The Labute approximate surface area is 92.1 Å². The van der Waals surface area contributed by atoms with E-state index >= 15 is 0 Å². The molecule has 0 radical (unpaired) electrons. The van der Waals surface area contributed by atoms with Crippen LogP contribution in [-0.4, -0.2) is 20.6 Å². The van der Waals surface area contributed by atoms with Gasteiger partial charge in [-0.2, -0.15) is 0 Å². The standard InChI is InChI=1S/C9H10N4OS/c1-12-4-2-3-6(12)5-7-8(14)13(10)9(15)11-7/h2-5H,10H2,1H3,(H,11,15)/b7-5+. The fraction of sp³-hybridized carbons (Fsp3) is 0.111. The van der Waals surface area contributed by atoms with Crippen LogP contribution in [-0.2, 0) is 11.8 Å². The zero-order valence-corrected chi connectivity index (χ0v) is 8.91. The highest BCUT2D eigenvalue weighted by Gasteiger charge is 2.28. The van der Waals surface area contributed by atoms with Gasteiger partial charge in [0.25, 0.3) is 5.91 Å². The molecule has 1 aliphatic rings. The lowest BCUT2D eigenvalue weighted by Crippen LogP contribution is -2.36. The summed E-state index contributed by atoms with van der Waals surface area (Å²) in [6.45, 7) is 0. The van der Waals surface area contributed by atoms with Gasteiger partial charge in [0.15, 0.2) is 5.11 Å². The van der Waals surface area contributed by atoms with E-state index in [-0.39, 0.29) is 11.0 Å². The van der Waals surface area contributed by atoms with Crippen LogP contribution in [0.3, 0.4) is 0 Å². The Morgan fingerprint density at radius 2 is 2.33 bits per heavy atom. The van der Waals surface area contributed by atoms with Gasteiger partial charge >= 0.3 is 0 Å². The predicted octanol–water partition coefficient (Wildman–Crippen LogP) is -0.0436. The molecule has 15 heavy (non-hydrogen) atoms. The maximum atomic E-state index is 11.5. The molecule has 6 heteroatoms. The Morgan fingerprint density at radius 1 is 1.60 bits per heavy atom. The second kappa shape index (κ2) is 3.48. The van der Waals surface area contributed by atoms with E-state index in [9.17, 15) is 4.79 Å². The molecule has 0 spiro atoms. The van der Waals surface area contributed by atoms with E-state index in [1.807, 2.05) is 29.9 Å². The number of rotatable bonds is 1. The Morgan fingerprint density at radius 3 is 2.80 bits per heavy atom. The van der Waals surface area contributed by atoms with Crippen molar-refractivity contribution < 1.29 is 4.79 Å². The molecule has 0 aliphatic carbocycles. The Balaban J connectivity index is 2.34. The van der Waals surface area contributed by atoms with E-state index in [2.05, 4.69) is 5.32 Å². The molecule has 2 rings (SSSR count). The summed E-state index contributed by atoms with van der Waals surface area (Å²) in [6, 6.07) is 3.79. The molecular weight excluding hydrogens is 212 g/mol. The lowest BCUT2D eigenvalue weighted by atomic mass is 10.3. The van der Waals surface area contributed by atoms with E-state index in [0.717, 1.165) is 10.7 Å². The van der Waals surface area contributed by atoms with Gasteiger partial charge in [0.05, 0.1) is 0 Å². The number of aromatic nitrogens is 1. The zero-order chi connectivity index (χ0) is 11.0. The average Bonchev–Trinajstić information content (AvgIpc) is 2.69. The minimum Gasteiger partial charge on any atom is -0.351 e. The average molecular weight is 222 g/mol. The van der Waals surface area contributed by atoms with Crippen molar-refractivity contribution in [3.8, 4) is 0 Å². The van der Waals surface area contributed by atoms with Gasteiger partial charge in [-0.25, -0.2) is 10.9 Å². The summed E-state index contributed by atoms with van der Waals surface area (Å²) in [7, 11) is 1.89. The van der Waals surface area contributed by atoms with Crippen molar-refractivity contribution in [1.29, 1.82) is 0 Å². The number of hydrogen-bond donors (Lipinski definition) is 2. The summed E-state index contributed by atoms with van der Waals surface area (Å²) in [5.41, 5.74) is 1.30. The fourth-order valence-corrected chi connectivity index (χ4v) is 1.51. The van der Waals surface area contributed by atoms with Crippen molar-refractivity contribution in [1.82, 2.24) is 14.9 Å². The number of carbonyl (C=O) groups excluding carboxylic acids is 1. The van der Waals surface area contributed by atoms with Gasteiger partial charge in [0.1, 0.15) is 5.70 Å². The first-order valence-electron chi connectivity index (χ1n) is 4.33. The van der Waals surface area contributed by atoms with E-state index in [1.165, 1.54) is 0 Å². The van der Waals surface area contributed by atoms with Crippen molar-refractivity contribution in [2.75, 3.05) is 0 Å². The highest BCUT2D eigenvalue weighted by molar-refractivity contribution is 7.80. The topological polar surface area (TPSA) is 63.3 Å². The third kappa shape index (κ3) is 1.64. The van der Waals surface area contributed by atoms with Gasteiger partial charge in [0, 0.05) is 18.9 Å². The van der Waals surface area contributed by atoms with Gasteiger partial charge in [-0.3, -0.25) is 4.79 Å². The molecule has 2 heterocycles. The molecule has 0 atom stereocenters. The minimum atomic E-state index is -0.318. The summed E-state index contributed by atoms with van der Waals surface area (Å²) in [5.74, 6) is 5.09. The van der Waals surface area contributed by atoms with E-state index in [1.54, 1.807) is 6.08 Å². The van der Waals surface area contributed by atoms with Crippen LogP contribution in [0.1, 0.15) is 5.69 Å². The molecule has 3 N–H and O–H groups in total. The second-order valence-corrected chi connectivity index (χ2v) is 3.59. The van der Waals surface area contributed by atoms with E-state index in [0.29, 0.717) is 5.70 Å². The van der Waals surface area contributed by atoms with Gasteiger partial charge in [-0.15, -0.1) is 0 Å². The maximum absolute atomic E-state index is 11.5. The minimum absolute atomic E-state index is 0.223. The van der Waals surface area contributed by atoms with Gasteiger partial charge in [-0.1, -0.05) is 0 Å². The number of amides is 1. The number of hydrazine groups is 1. The SMILES string of the molecule is Cn1cccc1/C=C1/NC(=S)N(N)C1=O. The molecule has 1 fully saturated rings. The number of nitrogens with two attached hydrogens (primary N) is 1. The summed E-state index contributed by atoms with van der Waals surface area (Å²) in [4.78, 5) is 11.5. The Bertz CT molecular complexity index is 462. The fourth-order valence-electron chi connectivity index (χ4n) is 1.32. The lowest BCUT2D eigenvalue weighted by Gasteiger charge is -2.02. The number of nitrogens with zero attached hydrogens (tertiary/aromatic N) is 2. The first-order chi connectivity index (χ1) is 7.09. The van der Waals surface area contributed by atoms with Gasteiger partial charge in [0.2, 0.25) is 0 Å². The third-order valence-corrected chi connectivity index (χ3v) is 2.48. The zero-order valence-electron chi connectivity index (χ0n) is 8.10. The maximum Gasteiger partial charge on any atom is 0.290 e. The summed E-state index contributed by atoms with van der Waals surface area (Å²) in [6.07, 6.45) is 3.60. The van der Waals surface area contributed by atoms with Crippen molar-refractivity contribution in [3.05, 3.63) is 29.7 Å². The predicted molar refractivity (Wildman–Crippen MR) is 60.2 cm³/mol. The van der Waals surface area contributed by atoms with E-state index < -0.39 is 0 Å². The number of aryl methyl sites for hydroxylation is 1. The molecule has 78 valence electrons. The van der Waals surface area contributed by atoms with Crippen LogP contribution in [0.25, 0.3) is 6.08 Å². The van der Waals surface area contributed by atoms with Crippen LogP contribution in [0.2, 0.25) is 0 Å². The molecule has 0 aromatic carbocycles. The number of hydrogen-bond acceptors (Lipinski definition) is 3. The summed E-state index contributed by atoms with van der Waals surface area (Å²) in [5, 5.41) is 3.89. The smallest absolute Gasteiger partial charge is 0.290 e. The first kappa shape index (κ1) is 9.88. The van der Waals surface area contributed by atoms with Gasteiger partial charge in [-0.05, 0) is 30.4 Å². The molecule has 0 unspecified atom stereocenters. The van der Waals surface area contributed by atoms with Gasteiger partial charge < -0.3 is 9.88 Å². The largest absolute Gasteiger partial charge is 0.351 e. The summed E-state index contributed by atoms with van der Waals surface area (Å²) < 4.78 is 1.89. The molecule has 0 bridgehead atoms. The van der Waals surface area contributed by atoms with Crippen molar-refractivity contribution in [3.63, 3.8) is 0 Å².